The maximum absolute atomic E-state index is 5.93. The molecule has 3 heteroatoms. The second kappa shape index (κ2) is 4.18. The van der Waals surface area contributed by atoms with Gasteiger partial charge in [0.05, 0.1) is 0 Å². The summed E-state index contributed by atoms with van der Waals surface area (Å²) >= 11 is 5.93. The van der Waals surface area contributed by atoms with Crippen LogP contribution in [0, 0.1) is 6.92 Å². The largest absolute Gasteiger partial charge is 0.368 e. The van der Waals surface area contributed by atoms with Gasteiger partial charge in [0.1, 0.15) is 0 Å². The zero-order chi connectivity index (χ0) is 10.8. The lowest BCUT2D eigenvalue weighted by atomic mass is 10.0. The highest BCUT2D eigenvalue weighted by Crippen LogP contribution is 2.25. The van der Waals surface area contributed by atoms with E-state index in [0.29, 0.717) is 5.88 Å². The summed E-state index contributed by atoms with van der Waals surface area (Å²) in [7, 11) is 2.06. The molecule has 1 aromatic rings. The number of alkyl halides is 1. The Labute approximate surface area is 90.9 Å². The molecule has 1 rings (SSSR count). The molecular formula is C11H17ClN2. The fraction of sp³-hybridized carbons (Fsp3) is 0.545. The molecule has 0 saturated carbocycles. The molecule has 0 radical (unpaired) electrons. The van der Waals surface area contributed by atoms with Crippen LogP contribution in [-0.2, 0) is 0 Å². The maximum Gasteiger partial charge on any atom is 0.0478 e. The second-order valence-electron chi connectivity index (χ2n) is 4.17. The molecule has 2 nitrogen and oxygen atoms in total. The normalized spacial score (nSPS) is 11.5. The minimum absolute atomic E-state index is 0.0341. The van der Waals surface area contributed by atoms with Gasteiger partial charge < -0.3 is 4.90 Å². The van der Waals surface area contributed by atoms with E-state index in [0.717, 1.165) is 0 Å². The Balaban J connectivity index is 3.00. The first-order valence-corrected chi connectivity index (χ1v) is 5.23. The molecular weight excluding hydrogens is 196 g/mol. The Bertz CT molecular complexity index is 310. The molecule has 0 bridgehead atoms. The maximum atomic E-state index is 5.93. The van der Waals surface area contributed by atoms with Crippen LogP contribution < -0.4 is 4.90 Å². The molecule has 0 aliphatic heterocycles. The van der Waals surface area contributed by atoms with Gasteiger partial charge in [-0.2, -0.15) is 0 Å². The van der Waals surface area contributed by atoms with Crippen LogP contribution in [0.15, 0.2) is 18.5 Å². The average molecular weight is 213 g/mol. The van der Waals surface area contributed by atoms with Crippen LogP contribution in [0.4, 0.5) is 5.69 Å². The predicted molar refractivity (Wildman–Crippen MR) is 62.2 cm³/mol. The Morgan fingerprint density at radius 1 is 1.50 bits per heavy atom. The number of aromatic nitrogens is 1. The highest BCUT2D eigenvalue weighted by atomic mass is 35.5. The second-order valence-corrected chi connectivity index (χ2v) is 4.43. The van der Waals surface area contributed by atoms with Gasteiger partial charge in [-0.05, 0) is 32.4 Å². The highest BCUT2D eigenvalue weighted by Gasteiger charge is 2.23. The molecule has 0 saturated heterocycles. The zero-order valence-electron chi connectivity index (χ0n) is 9.21. The van der Waals surface area contributed by atoms with Gasteiger partial charge in [-0.15, -0.1) is 11.6 Å². The fourth-order valence-electron chi connectivity index (χ4n) is 1.26. The molecule has 0 aliphatic rings. The van der Waals surface area contributed by atoms with Crippen molar-refractivity contribution in [2.24, 2.45) is 0 Å². The Morgan fingerprint density at radius 3 is 2.64 bits per heavy atom. The van der Waals surface area contributed by atoms with E-state index in [1.807, 2.05) is 18.5 Å². The molecule has 0 fully saturated rings. The summed E-state index contributed by atoms with van der Waals surface area (Å²) in [4.78, 5) is 6.27. The van der Waals surface area contributed by atoms with Crippen molar-refractivity contribution in [2.45, 2.75) is 26.3 Å². The lowest BCUT2D eigenvalue weighted by Gasteiger charge is -2.36. The molecule has 14 heavy (non-hydrogen) atoms. The Morgan fingerprint density at radius 2 is 2.14 bits per heavy atom. The third kappa shape index (κ3) is 2.18. The smallest absolute Gasteiger partial charge is 0.0478 e. The van der Waals surface area contributed by atoms with Crippen molar-refractivity contribution in [3.8, 4) is 0 Å². The van der Waals surface area contributed by atoms with Gasteiger partial charge >= 0.3 is 0 Å². The van der Waals surface area contributed by atoms with E-state index < -0.39 is 0 Å². The van der Waals surface area contributed by atoms with Crippen molar-refractivity contribution >= 4 is 17.3 Å². The molecule has 0 amide bonds. The summed E-state index contributed by atoms with van der Waals surface area (Å²) in [5, 5.41) is 0. The van der Waals surface area contributed by atoms with Crippen LogP contribution in [0.5, 0.6) is 0 Å². The summed E-state index contributed by atoms with van der Waals surface area (Å²) < 4.78 is 0. The van der Waals surface area contributed by atoms with Crippen molar-refractivity contribution in [3.63, 3.8) is 0 Å². The van der Waals surface area contributed by atoms with Crippen molar-refractivity contribution in [3.05, 3.63) is 24.0 Å². The van der Waals surface area contributed by atoms with Crippen LogP contribution in [-0.4, -0.2) is 23.5 Å². The quantitative estimate of drug-likeness (QED) is 0.717. The summed E-state index contributed by atoms with van der Waals surface area (Å²) in [5.41, 5.74) is 2.33. The SMILES string of the molecule is Cc1cnccc1N(C)C(C)(C)CCl. The first-order valence-electron chi connectivity index (χ1n) is 4.69. The van der Waals surface area contributed by atoms with Crippen LogP contribution in [0.3, 0.4) is 0 Å². The van der Waals surface area contributed by atoms with Crippen molar-refractivity contribution in [2.75, 3.05) is 17.8 Å². The summed E-state index contributed by atoms with van der Waals surface area (Å²) in [6.07, 6.45) is 3.68. The van der Waals surface area contributed by atoms with Gasteiger partial charge in [0, 0.05) is 36.5 Å². The molecule has 78 valence electrons. The van der Waals surface area contributed by atoms with Crippen molar-refractivity contribution in [1.82, 2.24) is 4.98 Å². The van der Waals surface area contributed by atoms with E-state index in [1.165, 1.54) is 11.3 Å². The number of pyridine rings is 1. The van der Waals surface area contributed by atoms with Crippen LogP contribution in [0.1, 0.15) is 19.4 Å². The Hall–Kier alpha value is -0.760. The molecule has 0 N–H and O–H groups in total. The van der Waals surface area contributed by atoms with Crippen molar-refractivity contribution in [1.29, 1.82) is 0 Å². The molecule has 0 spiro atoms. The van der Waals surface area contributed by atoms with E-state index >= 15 is 0 Å². The van der Waals surface area contributed by atoms with Crippen LogP contribution >= 0.6 is 11.6 Å². The predicted octanol–water partition coefficient (Wildman–Crippen LogP) is 2.84. The average Bonchev–Trinajstić information content (AvgIpc) is 2.17. The summed E-state index contributed by atoms with van der Waals surface area (Å²) in [6, 6.07) is 2.02. The summed E-state index contributed by atoms with van der Waals surface area (Å²) in [5.74, 6) is 0.602. The standard InChI is InChI=1S/C11H17ClN2/c1-9-7-13-6-5-10(9)14(4)11(2,3)8-12/h5-7H,8H2,1-4H3. The van der Waals surface area contributed by atoms with E-state index in [4.69, 9.17) is 11.6 Å². The van der Waals surface area contributed by atoms with Gasteiger partial charge in [-0.25, -0.2) is 0 Å². The minimum atomic E-state index is -0.0341. The molecule has 0 aliphatic carbocycles. The molecule has 0 aromatic carbocycles. The Kier molecular flexibility index (Phi) is 3.38. The number of rotatable bonds is 3. The highest BCUT2D eigenvalue weighted by molar-refractivity contribution is 6.18. The van der Waals surface area contributed by atoms with Gasteiger partial charge in [-0.1, -0.05) is 0 Å². The first kappa shape index (κ1) is 11.3. The summed E-state index contributed by atoms with van der Waals surface area (Å²) in [6.45, 7) is 6.31. The lowest BCUT2D eigenvalue weighted by Crippen LogP contribution is -2.43. The topological polar surface area (TPSA) is 16.1 Å². The van der Waals surface area contributed by atoms with Crippen molar-refractivity contribution < 1.29 is 0 Å². The van der Waals surface area contributed by atoms with Gasteiger partial charge in [0.15, 0.2) is 0 Å². The number of hydrogen-bond donors (Lipinski definition) is 0. The number of anilines is 1. The van der Waals surface area contributed by atoms with E-state index in [1.54, 1.807) is 0 Å². The number of nitrogens with zero attached hydrogens (tertiary/aromatic N) is 2. The molecule has 0 atom stereocenters. The van der Waals surface area contributed by atoms with Gasteiger partial charge in [-0.3, -0.25) is 4.98 Å². The lowest BCUT2D eigenvalue weighted by molar-refractivity contribution is 0.544. The molecule has 1 heterocycles. The minimum Gasteiger partial charge on any atom is -0.368 e. The van der Waals surface area contributed by atoms with Crippen LogP contribution in [0.2, 0.25) is 0 Å². The monoisotopic (exact) mass is 212 g/mol. The van der Waals surface area contributed by atoms with E-state index in [2.05, 4.69) is 37.7 Å². The van der Waals surface area contributed by atoms with Crippen LogP contribution in [0.25, 0.3) is 0 Å². The third-order valence-electron chi connectivity index (χ3n) is 2.59. The molecule has 1 aromatic heterocycles. The van der Waals surface area contributed by atoms with Gasteiger partial charge in [0.25, 0.3) is 0 Å². The van der Waals surface area contributed by atoms with Gasteiger partial charge in [0.2, 0.25) is 0 Å². The number of halogens is 1. The molecule has 0 unspecified atom stereocenters. The fourth-order valence-corrected chi connectivity index (χ4v) is 1.44. The third-order valence-corrected chi connectivity index (χ3v) is 3.24. The first-order chi connectivity index (χ1) is 6.49. The number of hydrogen-bond acceptors (Lipinski definition) is 2. The van der Waals surface area contributed by atoms with E-state index in [9.17, 15) is 0 Å². The zero-order valence-corrected chi connectivity index (χ0v) is 9.97. The number of aryl methyl sites for hydroxylation is 1. The van der Waals surface area contributed by atoms with E-state index in [-0.39, 0.29) is 5.54 Å².